The van der Waals surface area contributed by atoms with Gasteiger partial charge in [-0.1, -0.05) is 0 Å². The van der Waals surface area contributed by atoms with Crippen molar-refractivity contribution in [2.24, 2.45) is 0 Å². The van der Waals surface area contributed by atoms with Gasteiger partial charge in [-0.15, -0.1) is 11.3 Å². The molecule has 1 amide bonds. The van der Waals surface area contributed by atoms with Crippen LogP contribution in [0.5, 0.6) is 0 Å². The highest BCUT2D eigenvalue weighted by molar-refractivity contribution is 7.10. The molecule has 1 aliphatic heterocycles. The molecule has 0 atom stereocenters. The van der Waals surface area contributed by atoms with Gasteiger partial charge in [0.2, 0.25) is 5.91 Å². The van der Waals surface area contributed by atoms with Crippen LogP contribution in [0.2, 0.25) is 0 Å². The van der Waals surface area contributed by atoms with Crippen molar-refractivity contribution in [3.63, 3.8) is 0 Å². The maximum absolute atomic E-state index is 12.0. The van der Waals surface area contributed by atoms with Gasteiger partial charge in [0.1, 0.15) is 0 Å². The Morgan fingerprint density at radius 1 is 1.39 bits per heavy atom. The van der Waals surface area contributed by atoms with Crippen LogP contribution in [0.4, 0.5) is 5.69 Å². The van der Waals surface area contributed by atoms with Crippen molar-refractivity contribution < 1.29 is 14.7 Å². The molecule has 0 aliphatic carbocycles. The second kappa shape index (κ2) is 6.00. The topological polar surface area (TPSA) is 57.6 Å². The summed E-state index contributed by atoms with van der Waals surface area (Å²) in [6.07, 6.45) is 4.03. The van der Waals surface area contributed by atoms with E-state index in [9.17, 15) is 9.59 Å². The molecule has 0 fully saturated rings. The standard InChI is InChI=1S/C13H17NO3S/c15-12-5-3-4-11-10(7-9-18-11)14(12)8-2-1-6-13(16)17/h7,9H,1-6,8H2,(H,16,17). The average Bonchev–Trinajstić information content (AvgIpc) is 2.71. The van der Waals surface area contributed by atoms with E-state index in [0.29, 0.717) is 19.4 Å². The Labute approximate surface area is 110 Å². The van der Waals surface area contributed by atoms with Gasteiger partial charge >= 0.3 is 5.97 Å². The number of amides is 1. The molecule has 0 spiro atoms. The smallest absolute Gasteiger partial charge is 0.303 e. The molecule has 1 aromatic heterocycles. The van der Waals surface area contributed by atoms with Gasteiger partial charge in [-0.2, -0.15) is 0 Å². The fourth-order valence-electron chi connectivity index (χ4n) is 2.22. The Kier molecular flexibility index (Phi) is 4.36. The van der Waals surface area contributed by atoms with Gasteiger partial charge in [0, 0.05) is 24.3 Å². The van der Waals surface area contributed by atoms with Crippen molar-refractivity contribution in [2.45, 2.75) is 38.5 Å². The number of fused-ring (bicyclic) bond motifs is 1. The number of aliphatic carboxylic acids is 1. The number of hydrogen-bond donors (Lipinski definition) is 1. The first-order chi connectivity index (χ1) is 8.68. The Hall–Kier alpha value is -1.36. The van der Waals surface area contributed by atoms with Crippen LogP contribution in [0.3, 0.4) is 0 Å². The number of carbonyl (C=O) groups excluding carboxylic acids is 1. The first-order valence-corrected chi connectivity index (χ1v) is 7.15. The van der Waals surface area contributed by atoms with E-state index >= 15 is 0 Å². The monoisotopic (exact) mass is 267 g/mol. The van der Waals surface area contributed by atoms with E-state index in [1.165, 1.54) is 4.88 Å². The van der Waals surface area contributed by atoms with Gasteiger partial charge in [0.05, 0.1) is 5.69 Å². The lowest BCUT2D eigenvalue weighted by molar-refractivity contribution is -0.137. The second-order valence-electron chi connectivity index (χ2n) is 4.48. The summed E-state index contributed by atoms with van der Waals surface area (Å²) in [6.45, 7) is 0.635. The van der Waals surface area contributed by atoms with Gasteiger partial charge in [-0.25, -0.2) is 0 Å². The third kappa shape index (κ3) is 3.10. The van der Waals surface area contributed by atoms with Crippen LogP contribution in [0, 0.1) is 0 Å². The number of carboxylic acid groups (broad SMARTS) is 1. The minimum atomic E-state index is -0.770. The van der Waals surface area contributed by atoms with Crippen molar-refractivity contribution in [3.8, 4) is 0 Å². The molecule has 1 N–H and O–H groups in total. The van der Waals surface area contributed by atoms with E-state index in [1.54, 1.807) is 11.3 Å². The molecular formula is C13H17NO3S. The SMILES string of the molecule is O=C(O)CCCCN1C(=O)CCCc2sccc21. The highest BCUT2D eigenvalue weighted by Crippen LogP contribution is 2.31. The molecule has 0 saturated heterocycles. The molecular weight excluding hydrogens is 250 g/mol. The average molecular weight is 267 g/mol. The number of thiophene rings is 1. The van der Waals surface area contributed by atoms with Crippen molar-refractivity contribution in [2.75, 3.05) is 11.4 Å². The number of aryl methyl sites for hydroxylation is 1. The minimum absolute atomic E-state index is 0.169. The molecule has 0 radical (unpaired) electrons. The molecule has 5 heteroatoms. The molecule has 0 saturated carbocycles. The number of unbranched alkanes of at least 4 members (excludes halogenated alkanes) is 1. The van der Waals surface area contributed by atoms with Gasteiger partial charge in [-0.3, -0.25) is 9.59 Å². The summed E-state index contributed by atoms with van der Waals surface area (Å²) in [6, 6.07) is 2.00. The Balaban J connectivity index is 1.97. The van der Waals surface area contributed by atoms with E-state index in [2.05, 4.69) is 0 Å². The van der Waals surface area contributed by atoms with E-state index in [-0.39, 0.29) is 12.3 Å². The van der Waals surface area contributed by atoms with Crippen molar-refractivity contribution in [1.82, 2.24) is 0 Å². The number of anilines is 1. The van der Waals surface area contributed by atoms with Gasteiger partial charge in [-0.05, 0) is 37.1 Å². The van der Waals surface area contributed by atoms with Crippen molar-refractivity contribution >= 4 is 28.9 Å². The first-order valence-electron chi connectivity index (χ1n) is 6.27. The van der Waals surface area contributed by atoms with Crippen LogP contribution in [0.15, 0.2) is 11.4 Å². The van der Waals surface area contributed by atoms with Crippen LogP contribution in [-0.2, 0) is 16.0 Å². The summed E-state index contributed by atoms with van der Waals surface area (Å²) >= 11 is 1.70. The molecule has 2 heterocycles. The molecule has 0 bridgehead atoms. The largest absolute Gasteiger partial charge is 0.481 e. The van der Waals surface area contributed by atoms with E-state index in [4.69, 9.17) is 5.11 Å². The predicted octanol–water partition coefficient (Wildman–Crippen LogP) is 2.67. The Bertz CT molecular complexity index is 441. The maximum Gasteiger partial charge on any atom is 0.303 e. The molecule has 2 rings (SSSR count). The van der Waals surface area contributed by atoms with Crippen LogP contribution in [0.25, 0.3) is 0 Å². The number of carboxylic acids is 1. The lowest BCUT2D eigenvalue weighted by Gasteiger charge is -2.20. The zero-order chi connectivity index (χ0) is 13.0. The highest BCUT2D eigenvalue weighted by atomic mass is 32.1. The molecule has 1 aliphatic rings. The normalized spacial score (nSPS) is 15.3. The molecule has 0 unspecified atom stereocenters. The molecule has 0 aromatic carbocycles. The van der Waals surface area contributed by atoms with Crippen molar-refractivity contribution in [3.05, 3.63) is 16.3 Å². The number of hydrogen-bond acceptors (Lipinski definition) is 3. The van der Waals surface area contributed by atoms with Crippen LogP contribution < -0.4 is 4.90 Å². The molecule has 18 heavy (non-hydrogen) atoms. The lowest BCUT2D eigenvalue weighted by Crippen LogP contribution is -2.30. The highest BCUT2D eigenvalue weighted by Gasteiger charge is 2.22. The van der Waals surface area contributed by atoms with Crippen LogP contribution in [0.1, 0.15) is 37.0 Å². The van der Waals surface area contributed by atoms with Gasteiger partial charge in [0.25, 0.3) is 0 Å². The fourth-order valence-corrected chi connectivity index (χ4v) is 3.14. The quantitative estimate of drug-likeness (QED) is 0.834. The summed E-state index contributed by atoms with van der Waals surface area (Å²) in [5, 5.41) is 10.6. The Morgan fingerprint density at radius 3 is 3.00 bits per heavy atom. The van der Waals surface area contributed by atoms with E-state index in [1.807, 2.05) is 16.3 Å². The Morgan fingerprint density at radius 2 is 2.22 bits per heavy atom. The van der Waals surface area contributed by atoms with Crippen molar-refractivity contribution in [1.29, 1.82) is 0 Å². The molecule has 1 aromatic rings. The summed E-state index contributed by atoms with van der Waals surface area (Å²) in [5.74, 6) is -0.601. The summed E-state index contributed by atoms with van der Waals surface area (Å²) in [7, 11) is 0. The molecule has 98 valence electrons. The van der Waals surface area contributed by atoms with Gasteiger partial charge < -0.3 is 10.0 Å². The summed E-state index contributed by atoms with van der Waals surface area (Å²) in [5.41, 5.74) is 1.04. The van der Waals surface area contributed by atoms with Crippen LogP contribution in [-0.4, -0.2) is 23.5 Å². The maximum atomic E-state index is 12.0. The number of nitrogens with zero attached hydrogens (tertiary/aromatic N) is 1. The second-order valence-corrected chi connectivity index (χ2v) is 5.48. The zero-order valence-electron chi connectivity index (χ0n) is 10.2. The first kappa shape index (κ1) is 13.1. The summed E-state index contributed by atoms with van der Waals surface area (Å²) in [4.78, 5) is 25.6. The molecule has 4 nitrogen and oxygen atoms in total. The van der Waals surface area contributed by atoms with Crippen LogP contribution >= 0.6 is 11.3 Å². The number of rotatable bonds is 5. The third-order valence-electron chi connectivity index (χ3n) is 3.13. The van der Waals surface area contributed by atoms with Gasteiger partial charge in [0.15, 0.2) is 0 Å². The van der Waals surface area contributed by atoms with E-state index < -0.39 is 5.97 Å². The minimum Gasteiger partial charge on any atom is -0.481 e. The predicted molar refractivity (Wildman–Crippen MR) is 71.1 cm³/mol. The van der Waals surface area contributed by atoms with E-state index in [0.717, 1.165) is 24.9 Å². The lowest BCUT2D eigenvalue weighted by atomic mass is 10.2. The zero-order valence-corrected chi connectivity index (χ0v) is 11.0. The fraction of sp³-hybridized carbons (Fsp3) is 0.538. The summed E-state index contributed by atoms with van der Waals surface area (Å²) < 4.78 is 0. The number of carbonyl (C=O) groups is 2. The third-order valence-corrected chi connectivity index (χ3v) is 4.10.